The normalized spacial score (nSPS) is 12.5. The van der Waals surface area contributed by atoms with Crippen molar-refractivity contribution in [1.29, 1.82) is 0 Å². The Morgan fingerprint density at radius 3 is 2.68 bits per heavy atom. The number of nitrogens with one attached hydrogen (secondary N) is 1. The van der Waals surface area contributed by atoms with Gasteiger partial charge in [-0.3, -0.25) is 0 Å². The maximum Gasteiger partial charge on any atom is 0.344 e. The number of rotatable bonds is 7. The van der Waals surface area contributed by atoms with E-state index in [2.05, 4.69) is 5.32 Å². The highest BCUT2D eigenvalue weighted by Gasteiger charge is 2.20. The zero-order chi connectivity index (χ0) is 14.4. The monoisotopic (exact) mass is 285 g/mol. The highest BCUT2D eigenvalue weighted by Crippen LogP contribution is 2.30. The third-order valence-corrected chi connectivity index (χ3v) is 2.95. The quantitative estimate of drug-likeness (QED) is 0.808. The number of para-hydroxylation sites is 1. The number of carboxylic acid groups (broad SMARTS) is 1. The average Bonchev–Trinajstić information content (AvgIpc) is 2.34. The minimum Gasteiger partial charge on any atom is -0.479 e. The van der Waals surface area contributed by atoms with Crippen molar-refractivity contribution < 1.29 is 14.6 Å². The molecule has 1 unspecified atom stereocenters. The Morgan fingerprint density at radius 2 is 2.16 bits per heavy atom. The van der Waals surface area contributed by atoms with Gasteiger partial charge in [0, 0.05) is 18.2 Å². The van der Waals surface area contributed by atoms with Crippen LogP contribution in [0.15, 0.2) is 18.2 Å². The molecule has 0 saturated carbocycles. The van der Waals surface area contributed by atoms with Crippen molar-refractivity contribution in [2.45, 2.75) is 45.9 Å². The van der Waals surface area contributed by atoms with Gasteiger partial charge in [0.1, 0.15) is 5.75 Å². The molecule has 1 aromatic carbocycles. The minimum atomic E-state index is -0.981. The van der Waals surface area contributed by atoms with E-state index in [4.69, 9.17) is 21.4 Å². The lowest BCUT2D eigenvalue weighted by Crippen LogP contribution is -2.27. The minimum absolute atomic E-state index is 0.327. The molecule has 0 spiro atoms. The Balaban J connectivity index is 2.93. The van der Waals surface area contributed by atoms with Crippen molar-refractivity contribution in [2.24, 2.45) is 0 Å². The molecule has 0 aromatic heterocycles. The van der Waals surface area contributed by atoms with Crippen LogP contribution in [-0.2, 0) is 11.3 Å². The molecule has 0 aliphatic rings. The fourth-order valence-corrected chi connectivity index (χ4v) is 1.83. The molecule has 1 rings (SSSR count). The molecular formula is C14H20ClNO3. The topological polar surface area (TPSA) is 58.6 Å². The van der Waals surface area contributed by atoms with Crippen LogP contribution in [0.25, 0.3) is 0 Å². The summed E-state index contributed by atoms with van der Waals surface area (Å²) in [5.74, 6) is -0.531. The van der Waals surface area contributed by atoms with Crippen molar-refractivity contribution >= 4 is 17.6 Å². The number of hydrogen-bond donors (Lipinski definition) is 2. The van der Waals surface area contributed by atoms with Crippen molar-refractivity contribution in [2.75, 3.05) is 0 Å². The molecule has 0 amide bonds. The molecule has 4 nitrogen and oxygen atoms in total. The first-order valence-electron chi connectivity index (χ1n) is 6.36. The van der Waals surface area contributed by atoms with Gasteiger partial charge in [0.2, 0.25) is 0 Å². The first-order chi connectivity index (χ1) is 8.95. The van der Waals surface area contributed by atoms with Gasteiger partial charge in [-0.05, 0) is 12.5 Å². The standard InChI is InChI=1S/C14H20ClNO3/c1-4-12(14(17)18)19-13-10(8-16-9(2)3)6-5-7-11(13)15/h5-7,9,12,16H,4,8H2,1-3H3,(H,17,18). The number of aliphatic carboxylic acids is 1. The van der Waals surface area contributed by atoms with Gasteiger partial charge >= 0.3 is 5.97 Å². The molecule has 2 N–H and O–H groups in total. The second kappa shape index (κ2) is 7.36. The van der Waals surface area contributed by atoms with Crippen LogP contribution in [0.5, 0.6) is 5.75 Å². The van der Waals surface area contributed by atoms with E-state index in [0.717, 1.165) is 5.56 Å². The summed E-state index contributed by atoms with van der Waals surface area (Å²) in [7, 11) is 0. The van der Waals surface area contributed by atoms with Crippen molar-refractivity contribution in [3.05, 3.63) is 28.8 Å². The summed E-state index contributed by atoms with van der Waals surface area (Å²) in [5.41, 5.74) is 0.862. The number of hydrogen-bond acceptors (Lipinski definition) is 3. The molecule has 0 bridgehead atoms. The second-order valence-electron chi connectivity index (χ2n) is 4.62. The zero-order valence-corrected chi connectivity index (χ0v) is 12.2. The largest absolute Gasteiger partial charge is 0.479 e. The molecule has 5 heteroatoms. The van der Waals surface area contributed by atoms with E-state index in [1.807, 2.05) is 26.0 Å². The maximum atomic E-state index is 11.0. The van der Waals surface area contributed by atoms with Crippen LogP contribution in [0.1, 0.15) is 32.8 Å². The first-order valence-corrected chi connectivity index (χ1v) is 6.73. The Bertz CT molecular complexity index is 435. The summed E-state index contributed by atoms with van der Waals surface area (Å²) in [6, 6.07) is 5.73. The Kier molecular flexibility index (Phi) is 6.12. The number of benzene rings is 1. The number of carboxylic acids is 1. The van der Waals surface area contributed by atoms with Crippen LogP contribution < -0.4 is 10.1 Å². The highest BCUT2D eigenvalue weighted by molar-refractivity contribution is 6.32. The van der Waals surface area contributed by atoms with E-state index in [1.54, 1.807) is 13.0 Å². The summed E-state index contributed by atoms with van der Waals surface area (Å²) in [5, 5.41) is 12.7. The molecule has 1 atom stereocenters. The molecule has 0 heterocycles. The van der Waals surface area contributed by atoms with Crippen LogP contribution in [0.3, 0.4) is 0 Å². The van der Waals surface area contributed by atoms with E-state index in [-0.39, 0.29) is 0 Å². The molecule has 0 saturated heterocycles. The fraction of sp³-hybridized carbons (Fsp3) is 0.500. The third kappa shape index (κ3) is 4.73. The summed E-state index contributed by atoms with van der Waals surface area (Å²) in [6.07, 6.45) is -0.491. The average molecular weight is 286 g/mol. The van der Waals surface area contributed by atoms with Gasteiger partial charge in [-0.25, -0.2) is 4.79 Å². The maximum absolute atomic E-state index is 11.0. The predicted molar refractivity (Wildman–Crippen MR) is 75.8 cm³/mol. The summed E-state index contributed by atoms with van der Waals surface area (Å²) in [4.78, 5) is 11.0. The number of halogens is 1. The molecule has 1 aromatic rings. The Morgan fingerprint density at radius 1 is 1.47 bits per heavy atom. The zero-order valence-electron chi connectivity index (χ0n) is 11.4. The number of carbonyl (C=O) groups is 1. The summed E-state index contributed by atoms with van der Waals surface area (Å²) >= 11 is 6.10. The van der Waals surface area contributed by atoms with E-state index < -0.39 is 12.1 Å². The van der Waals surface area contributed by atoms with E-state index in [9.17, 15) is 4.79 Å². The summed E-state index contributed by atoms with van der Waals surface area (Å²) in [6.45, 7) is 6.43. The predicted octanol–water partition coefficient (Wildman–Crippen LogP) is 3.08. The number of ether oxygens (including phenoxy) is 1. The second-order valence-corrected chi connectivity index (χ2v) is 5.02. The van der Waals surface area contributed by atoms with E-state index in [1.165, 1.54) is 0 Å². The van der Waals surface area contributed by atoms with Crippen LogP contribution in [-0.4, -0.2) is 23.2 Å². The molecular weight excluding hydrogens is 266 g/mol. The first kappa shape index (κ1) is 15.8. The molecule has 0 aliphatic carbocycles. The van der Waals surface area contributed by atoms with Crippen LogP contribution in [0, 0.1) is 0 Å². The summed E-state index contributed by atoms with van der Waals surface area (Å²) < 4.78 is 5.55. The van der Waals surface area contributed by atoms with Crippen molar-refractivity contribution in [3.63, 3.8) is 0 Å². The Labute approximate surface area is 118 Å². The van der Waals surface area contributed by atoms with E-state index in [0.29, 0.717) is 29.8 Å². The highest BCUT2D eigenvalue weighted by atomic mass is 35.5. The Hall–Kier alpha value is -1.26. The molecule has 106 valence electrons. The van der Waals surface area contributed by atoms with Crippen LogP contribution >= 0.6 is 11.6 Å². The van der Waals surface area contributed by atoms with Gasteiger partial charge in [-0.15, -0.1) is 0 Å². The van der Waals surface area contributed by atoms with Gasteiger partial charge in [0.25, 0.3) is 0 Å². The lowest BCUT2D eigenvalue weighted by molar-refractivity contribution is -0.145. The lowest BCUT2D eigenvalue weighted by atomic mass is 10.1. The fourth-order valence-electron chi connectivity index (χ4n) is 1.59. The van der Waals surface area contributed by atoms with Gasteiger partial charge in [-0.2, -0.15) is 0 Å². The van der Waals surface area contributed by atoms with Gasteiger partial charge < -0.3 is 15.2 Å². The van der Waals surface area contributed by atoms with E-state index >= 15 is 0 Å². The van der Waals surface area contributed by atoms with Gasteiger partial charge in [0.15, 0.2) is 6.10 Å². The lowest BCUT2D eigenvalue weighted by Gasteiger charge is -2.18. The van der Waals surface area contributed by atoms with Crippen LogP contribution in [0.2, 0.25) is 5.02 Å². The smallest absolute Gasteiger partial charge is 0.344 e. The molecule has 0 fully saturated rings. The van der Waals surface area contributed by atoms with Gasteiger partial charge in [0.05, 0.1) is 5.02 Å². The SMILES string of the molecule is CCC(Oc1c(Cl)cccc1CNC(C)C)C(=O)O. The van der Waals surface area contributed by atoms with Crippen molar-refractivity contribution in [1.82, 2.24) is 5.32 Å². The molecule has 0 aliphatic heterocycles. The molecule has 0 radical (unpaired) electrons. The van der Waals surface area contributed by atoms with Crippen LogP contribution in [0.4, 0.5) is 0 Å². The van der Waals surface area contributed by atoms with Gasteiger partial charge in [-0.1, -0.05) is 44.5 Å². The third-order valence-electron chi connectivity index (χ3n) is 2.66. The van der Waals surface area contributed by atoms with Crippen molar-refractivity contribution in [3.8, 4) is 5.75 Å². The molecule has 19 heavy (non-hydrogen) atoms.